The number of carbonyl (C=O) groups is 1. The molecule has 2 aromatic heterocycles. The summed E-state index contributed by atoms with van der Waals surface area (Å²) in [5.41, 5.74) is 2.81. The molecule has 5 heteroatoms. The second-order valence-electron chi connectivity index (χ2n) is 4.96. The third-order valence-corrected chi connectivity index (χ3v) is 4.14. The summed E-state index contributed by atoms with van der Waals surface area (Å²) in [7, 11) is 0. The van der Waals surface area contributed by atoms with E-state index in [0.29, 0.717) is 5.69 Å². The van der Waals surface area contributed by atoms with E-state index >= 15 is 0 Å². The van der Waals surface area contributed by atoms with Crippen LogP contribution in [-0.4, -0.2) is 16.1 Å². The first kappa shape index (κ1) is 14.4. The van der Waals surface area contributed by atoms with Crippen LogP contribution in [0.25, 0.3) is 10.6 Å². The number of hydrogen-bond donors (Lipinski definition) is 1. The van der Waals surface area contributed by atoms with Crippen molar-refractivity contribution in [3.05, 3.63) is 71.5 Å². The zero-order valence-electron chi connectivity index (χ0n) is 11.8. The Balaban J connectivity index is 1.81. The monoisotopic (exact) mass is 311 g/mol. The molecule has 2 heterocycles. The van der Waals surface area contributed by atoms with Crippen LogP contribution in [0.4, 0.5) is 0 Å². The maximum absolute atomic E-state index is 10.7. The number of aliphatic carboxylic acids is 1. The predicted molar refractivity (Wildman–Crippen MR) is 84.6 cm³/mol. The number of carboxylic acids is 1. The van der Waals surface area contributed by atoms with E-state index in [2.05, 4.69) is 21.7 Å². The van der Waals surface area contributed by atoms with E-state index in [1.54, 1.807) is 0 Å². The van der Waals surface area contributed by atoms with Gasteiger partial charge in [0.15, 0.2) is 18.9 Å². The summed E-state index contributed by atoms with van der Waals surface area (Å²) in [4.78, 5) is 15.1. The molecule has 0 amide bonds. The molecule has 4 nitrogen and oxygen atoms in total. The normalized spacial score (nSPS) is 10.5. The maximum atomic E-state index is 10.7. The molecule has 0 saturated heterocycles. The van der Waals surface area contributed by atoms with Crippen LogP contribution in [0.2, 0.25) is 0 Å². The fourth-order valence-electron chi connectivity index (χ4n) is 2.23. The summed E-state index contributed by atoms with van der Waals surface area (Å²) in [5.74, 6) is -0.855. The molecular formula is C17H15N2O2S+. The molecule has 110 valence electrons. The summed E-state index contributed by atoms with van der Waals surface area (Å²) in [5, 5.41) is 11.5. The van der Waals surface area contributed by atoms with Gasteiger partial charge in [0.25, 0.3) is 0 Å². The van der Waals surface area contributed by atoms with Crippen molar-refractivity contribution in [2.24, 2.45) is 0 Å². The van der Waals surface area contributed by atoms with Gasteiger partial charge in [-0.3, -0.25) is 4.79 Å². The molecule has 0 fully saturated rings. The molecule has 0 bridgehead atoms. The highest BCUT2D eigenvalue weighted by molar-refractivity contribution is 7.13. The molecule has 3 rings (SSSR count). The molecular weight excluding hydrogens is 296 g/mol. The first-order valence-corrected chi connectivity index (χ1v) is 7.78. The molecule has 22 heavy (non-hydrogen) atoms. The molecule has 0 radical (unpaired) electrons. The minimum Gasteiger partial charge on any atom is -0.481 e. The van der Waals surface area contributed by atoms with Gasteiger partial charge in [-0.05, 0) is 6.07 Å². The Morgan fingerprint density at radius 3 is 2.77 bits per heavy atom. The van der Waals surface area contributed by atoms with E-state index in [1.807, 2.05) is 48.1 Å². The van der Waals surface area contributed by atoms with Gasteiger partial charge < -0.3 is 5.11 Å². The van der Waals surface area contributed by atoms with Crippen LogP contribution in [0.15, 0.2) is 60.2 Å². The van der Waals surface area contributed by atoms with Crippen molar-refractivity contribution in [3.8, 4) is 10.6 Å². The number of nitrogens with zero attached hydrogens (tertiary/aromatic N) is 2. The minimum atomic E-state index is -0.855. The van der Waals surface area contributed by atoms with Crippen LogP contribution >= 0.6 is 11.3 Å². The molecule has 0 unspecified atom stereocenters. The average Bonchev–Trinajstić information content (AvgIpc) is 2.96. The Kier molecular flexibility index (Phi) is 4.25. The van der Waals surface area contributed by atoms with Gasteiger partial charge in [-0.1, -0.05) is 24.3 Å². The smallest absolute Gasteiger partial charge is 0.309 e. The molecule has 1 aromatic carbocycles. The summed E-state index contributed by atoms with van der Waals surface area (Å²) < 4.78 is 2.11. The zero-order valence-corrected chi connectivity index (χ0v) is 12.7. The SMILES string of the molecule is O=C(O)Cc1csc(-c2cccc(C[n+]3ccccc3)c2)n1. The third kappa shape index (κ3) is 3.56. The second kappa shape index (κ2) is 6.49. The predicted octanol–water partition coefficient (Wildman–Crippen LogP) is 2.77. The second-order valence-corrected chi connectivity index (χ2v) is 5.82. The van der Waals surface area contributed by atoms with Crippen LogP contribution in [0, 0.1) is 0 Å². The van der Waals surface area contributed by atoms with E-state index in [-0.39, 0.29) is 6.42 Å². The van der Waals surface area contributed by atoms with Crippen molar-refractivity contribution in [1.82, 2.24) is 4.98 Å². The lowest BCUT2D eigenvalue weighted by Gasteiger charge is -2.01. The molecule has 0 spiro atoms. The number of rotatable bonds is 5. The topological polar surface area (TPSA) is 54.1 Å². The van der Waals surface area contributed by atoms with E-state index in [1.165, 1.54) is 16.9 Å². The molecule has 3 aromatic rings. The molecule has 0 aliphatic rings. The Labute approximate surface area is 132 Å². The average molecular weight is 311 g/mol. The third-order valence-electron chi connectivity index (χ3n) is 3.20. The van der Waals surface area contributed by atoms with Gasteiger partial charge >= 0.3 is 5.97 Å². The number of carboxylic acid groups (broad SMARTS) is 1. The number of hydrogen-bond acceptors (Lipinski definition) is 3. The van der Waals surface area contributed by atoms with Crippen LogP contribution in [0.3, 0.4) is 0 Å². The van der Waals surface area contributed by atoms with Gasteiger partial charge in [-0.25, -0.2) is 9.55 Å². The highest BCUT2D eigenvalue weighted by Crippen LogP contribution is 2.24. The standard InChI is InChI=1S/C17H14N2O2S/c20-16(21)10-15-12-22-17(18-15)14-6-4-5-13(9-14)11-19-7-2-1-3-8-19/h1-9,12H,10-11H2/p+1. The Morgan fingerprint density at radius 1 is 1.18 bits per heavy atom. The quantitative estimate of drug-likeness (QED) is 0.737. The Hall–Kier alpha value is -2.53. The fourth-order valence-corrected chi connectivity index (χ4v) is 3.05. The number of thiazole rings is 1. The number of benzene rings is 1. The van der Waals surface area contributed by atoms with E-state index < -0.39 is 5.97 Å². The molecule has 1 N–H and O–H groups in total. The highest BCUT2D eigenvalue weighted by atomic mass is 32.1. The first-order chi connectivity index (χ1) is 10.7. The minimum absolute atomic E-state index is 0.0317. The number of aromatic nitrogens is 2. The van der Waals surface area contributed by atoms with Gasteiger partial charge in [0.2, 0.25) is 0 Å². The van der Waals surface area contributed by atoms with Crippen molar-refractivity contribution in [2.75, 3.05) is 0 Å². The number of pyridine rings is 1. The lowest BCUT2D eigenvalue weighted by molar-refractivity contribution is -0.688. The van der Waals surface area contributed by atoms with E-state index in [0.717, 1.165) is 17.1 Å². The van der Waals surface area contributed by atoms with Crippen LogP contribution < -0.4 is 4.57 Å². The van der Waals surface area contributed by atoms with Crippen molar-refractivity contribution in [3.63, 3.8) is 0 Å². The van der Waals surface area contributed by atoms with E-state index in [9.17, 15) is 4.79 Å². The van der Waals surface area contributed by atoms with Crippen molar-refractivity contribution >= 4 is 17.3 Å². The van der Waals surface area contributed by atoms with Gasteiger partial charge in [0.1, 0.15) is 5.01 Å². The Morgan fingerprint density at radius 2 is 2.00 bits per heavy atom. The largest absolute Gasteiger partial charge is 0.481 e. The van der Waals surface area contributed by atoms with Gasteiger partial charge in [-0.2, -0.15) is 0 Å². The van der Waals surface area contributed by atoms with Gasteiger partial charge in [-0.15, -0.1) is 11.3 Å². The summed E-state index contributed by atoms with van der Waals surface area (Å²) >= 11 is 1.48. The molecule has 0 saturated carbocycles. The molecule has 0 aliphatic carbocycles. The molecule has 0 atom stereocenters. The van der Waals surface area contributed by atoms with Crippen molar-refractivity contribution in [1.29, 1.82) is 0 Å². The Bertz CT molecular complexity index is 784. The van der Waals surface area contributed by atoms with Gasteiger partial charge in [0.05, 0.1) is 12.1 Å². The lowest BCUT2D eigenvalue weighted by Crippen LogP contribution is -2.32. The first-order valence-electron chi connectivity index (χ1n) is 6.90. The van der Waals surface area contributed by atoms with Gasteiger partial charge in [0, 0.05) is 28.6 Å². The highest BCUT2D eigenvalue weighted by Gasteiger charge is 2.09. The fraction of sp³-hybridized carbons (Fsp3) is 0.118. The van der Waals surface area contributed by atoms with Crippen LogP contribution in [-0.2, 0) is 17.8 Å². The zero-order chi connectivity index (χ0) is 15.4. The summed E-state index contributed by atoms with van der Waals surface area (Å²) in [6.45, 7) is 0.794. The summed E-state index contributed by atoms with van der Waals surface area (Å²) in [6.07, 6.45) is 4.03. The maximum Gasteiger partial charge on any atom is 0.309 e. The van der Waals surface area contributed by atoms with Crippen molar-refractivity contribution in [2.45, 2.75) is 13.0 Å². The molecule has 0 aliphatic heterocycles. The lowest BCUT2D eigenvalue weighted by atomic mass is 10.1. The van der Waals surface area contributed by atoms with E-state index in [4.69, 9.17) is 5.11 Å². The summed E-state index contributed by atoms with van der Waals surface area (Å²) in [6, 6.07) is 14.2. The van der Waals surface area contributed by atoms with Crippen LogP contribution in [0.1, 0.15) is 11.3 Å². The van der Waals surface area contributed by atoms with Crippen molar-refractivity contribution < 1.29 is 14.5 Å². The van der Waals surface area contributed by atoms with Crippen LogP contribution in [0.5, 0.6) is 0 Å².